The van der Waals surface area contributed by atoms with Gasteiger partial charge in [0, 0.05) is 17.5 Å². The standard InChI is InChI=1S/C16H21N5O3/c17-14-13(15(18)21-16(19)20-14)2-4-24-3-1-10-5-11(8-22)7-12(6-10)9-23/h5-8,23H,1-4,9H2,(H6,17,18,19,20,21). The molecule has 128 valence electrons. The van der Waals surface area contributed by atoms with Gasteiger partial charge in [-0.3, -0.25) is 4.79 Å². The number of anilines is 3. The first kappa shape index (κ1) is 17.6. The van der Waals surface area contributed by atoms with Gasteiger partial charge in [-0.15, -0.1) is 0 Å². The Hall–Kier alpha value is -2.71. The first-order valence-electron chi connectivity index (χ1n) is 7.47. The summed E-state index contributed by atoms with van der Waals surface area (Å²) in [4.78, 5) is 18.6. The van der Waals surface area contributed by atoms with Crippen molar-refractivity contribution in [3.8, 4) is 0 Å². The van der Waals surface area contributed by atoms with Crippen molar-refractivity contribution in [3.63, 3.8) is 0 Å². The Morgan fingerprint density at radius 2 is 1.62 bits per heavy atom. The van der Waals surface area contributed by atoms with E-state index in [1.54, 1.807) is 12.1 Å². The molecule has 0 saturated heterocycles. The van der Waals surface area contributed by atoms with Crippen LogP contribution < -0.4 is 17.2 Å². The molecule has 2 rings (SSSR count). The van der Waals surface area contributed by atoms with Crippen molar-refractivity contribution in [1.29, 1.82) is 0 Å². The van der Waals surface area contributed by atoms with E-state index in [1.807, 2.05) is 6.07 Å². The number of rotatable bonds is 8. The Morgan fingerprint density at radius 1 is 1.00 bits per heavy atom. The Labute approximate surface area is 139 Å². The van der Waals surface area contributed by atoms with E-state index >= 15 is 0 Å². The predicted molar refractivity (Wildman–Crippen MR) is 91.2 cm³/mol. The molecule has 1 aromatic heterocycles. The molecule has 0 aliphatic rings. The van der Waals surface area contributed by atoms with Crippen molar-refractivity contribution < 1.29 is 14.6 Å². The van der Waals surface area contributed by atoms with Gasteiger partial charge in [0.1, 0.15) is 17.9 Å². The smallest absolute Gasteiger partial charge is 0.223 e. The van der Waals surface area contributed by atoms with Crippen molar-refractivity contribution in [2.45, 2.75) is 19.4 Å². The fourth-order valence-electron chi connectivity index (χ4n) is 2.36. The van der Waals surface area contributed by atoms with E-state index in [0.717, 1.165) is 11.8 Å². The van der Waals surface area contributed by atoms with Crippen LogP contribution in [0.3, 0.4) is 0 Å². The highest BCUT2D eigenvalue weighted by Crippen LogP contribution is 2.17. The average Bonchev–Trinajstić information content (AvgIpc) is 2.56. The third-order valence-corrected chi connectivity index (χ3v) is 3.51. The number of aromatic nitrogens is 2. The van der Waals surface area contributed by atoms with Crippen LogP contribution in [0.15, 0.2) is 18.2 Å². The van der Waals surface area contributed by atoms with Crippen LogP contribution >= 0.6 is 0 Å². The van der Waals surface area contributed by atoms with Crippen molar-refractivity contribution >= 4 is 23.9 Å². The Bertz CT molecular complexity index is 698. The summed E-state index contributed by atoms with van der Waals surface area (Å²) in [6, 6.07) is 5.28. The molecule has 8 heteroatoms. The quantitative estimate of drug-likeness (QED) is 0.399. The minimum Gasteiger partial charge on any atom is -0.392 e. The number of carbonyl (C=O) groups is 1. The molecule has 1 heterocycles. The number of carbonyl (C=O) groups excluding carboxylic acids is 1. The first-order valence-corrected chi connectivity index (χ1v) is 7.47. The highest BCUT2D eigenvalue weighted by molar-refractivity contribution is 5.75. The summed E-state index contributed by atoms with van der Waals surface area (Å²) in [6.45, 7) is 0.760. The lowest BCUT2D eigenvalue weighted by Gasteiger charge is -2.10. The van der Waals surface area contributed by atoms with Crippen molar-refractivity contribution in [2.75, 3.05) is 30.4 Å². The summed E-state index contributed by atoms with van der Waals surface area (Å²) in [7, 11) is 0. The molecular formula is C16H21N5O3. The minimum atomic E-state index is -0.106. The van der Waals surface area contributed by atoms with E-state index in [0.29, 0.717) is 42.7 Å². The molecule has 1 aromatic carbocycles. The second kappa shape index (κ2) is 8.23. The van der Waals surface area contributed by atoms with Crippen molar-refractivity contribution in [1.82, 2.24) is 9.97 Å². The van der Waals surface area contributed by atoms with Crippen LogP contribution in [0.1, 0.15) is 27.0 Å². The summed E-state index contributed by atoms with van der Waals surface area (Å²) in [5, 5.41) is 9.20. The van der Waals surface area contributed by atoms with Crippen molar-refractivity contribution in [2.24, 2.45) is 0 Å². The summed E-state index contributed by atoms with van der Waals surface area (Å²) < 4.78 is 5.58. The van der Waals surface area contributed by atoms with Gasteiger partial charge in [-0.05, 0) is 29.7 Å². The zero-order valence-electron chi connectivity index (χ0n) is 13.2. The molecule has 8 nitrogen and oxygen atoms in total. The van der Waals surface area contributed by atoms with E-state index in [9.17, 15) is 9.90 Å². The van der Waals surface area contributed by atoms with E-state index in [2.05, 4.69) is 9.97 Å². The number of aldehydes is 1. The molecular weight excluding hydrogens is 310 g/mol. The number of aliphatic hydroxyl groups excluding tert-OH is 1. The number of benzene rings is 1. The van der Waals surface area contributed by atoms with Crippen LogP contribution in [-0.4, -0.2) is 34.6 Å². The third-order valence-electron chi connectivity index (χ3n) is 3.51. The molecule has 0 saturated carbocycles. The first-order chi connectivity index (χ1) is 11.5. The molecule has 0 unspecified atom stereocenters. The maximum atomic E-state index is 10.9. The van der Waals surface area contributed by atoms with Gasteiger partial charge in [0.25, 0.3) is 0 Å². The number of ether oxygens (including phenoxy) is 1. The van der Waals surface area contributed by atoms with Crippen LogP contribution in [0.4, 0.5) is 17.6 Å². The summed E-state index contributed by atoms with van der Waals surface area (Å²) in [5.74, 6) is 0.564. The summed E-state index contributed by atoms with van der Waals surface area (Å²) >= 11 is 0. The second-order valence-electron chi connectivity index (χ2n) is 5.30. The number of nitrogen functional groups attached to an aromatic ring is 3. The Kier molecular flexibility index (Phi) is 6.05. The van der Waals surface area contributed by atoms with Gasteiger partial charge in [-0.25, -0.2) is 0 Å². The van der Waals surface area contributed by atoms with Crippen LogP contribution in [0, 0.1) is 0 Å². The van der Waals surface area contributed by atoms with Gasteiger partial charge in [-0.1, -0.05) is 6.07 Å². The number of aliphatic hydroxyl groups is 1. The molecule has 0 atom stereocenters. The summed E-state index contributed by atoms with van der Waals surface area (Å²) in [6.07, 6.45) is 1.86. The maximum Gasteiger partial charge on any atom is 0.223 e. The van der Waals surface area contributed by atoms with Crippen LogP contribution in [0.5, 0.6) is 0 Å². The SMILES string of the molecule is Nc1nc(N)c(CCOCCc2cc(C=O)cc(CO)c2)c(N)n1. The topological polar surface area (TPSA) is 150 Å². The second-order valence-corrected chi connectivity index (χ2v) is 5.30. The molecule has 0 radical (unpaired) electrons. The monoisotopic (exact) mass is 331 g/mol. The minimum absolute atomic E-state index is 0.0458. The maximum absolute atomic E-state index is 10.9. The van der Waals surface area contributed by atoms with Crippen LogP contribution in [0.2, 0.25) is 0 Å². The average molecular weight is 331 g/mol. The lowest BCUT2D eigenvalue weighted by atomic mass is 10.0. The summed E-state index contributed by atoms with van der Waals surface area (Å²) in [5.41, 5.74) is 19.8. The van der Waals surface area contributed by atoms with Gasteiger partial charge < -0.3 is 27.0 Å². The molecule has 0 aliphatic carbocycles. The molecule has 2 aromatic rings. The Balaban J connectivity index is 1.85. The number of nitrogens with zero attached hydrogens (tertiary/aromatic N) is 2. The zero-order valence-corrected chi connectivity index (χ0v) is 13.2. The predicted octanol–water partition coefficient (Wildman–Crippen LogP) is 0.330. The number of hydrogen-bond donors (Lipinski definition) is 4. The fourth-order valence-corrected chi connectivity index (χ4v) is 2.36. The fraction of sp³-hybridized carbons (Fsp3) is 0.312. The van der Waals surface area contributed by atoms with Gasteiger partial charge in [0.2, 0.25) is 5.95 Å². The lowest BCUT2D eigenvalue weighted by molar-refractivity contribution is 0.112. The molecule has 0 bridgehead atoms. The molecule has 0 aliphatic heterocycles. The third kappa shape index (κ3) is 4.64. The largest absolute Gasteiger partial charge is 0.392 e. The highest BCUT2D eigenvalue weighted by Gasteiger charge is 2.08. The zero-order chi connectivity index (χ0) is 17.5. The lowest BCUT2D eigenvalue weighted by Crippen LogP contribution is -2.11. The van der Waals surface area contributed by atoms with Crippen LogP contribution in [0.25, 0.3) is 0 Å². The number of nitrogens with two attached hydrogens (primary N) is 3. The molecule has 7 N–H and O–H groups in total. The molecule has 0 spiro atoms. The highest BCUT2D eigenvalue weighted by atomic mass is 16.5. The van der Waals surface area contributed by atoms with Crippen molar-refractivity contribution in [3.05, 3.63) is 40.5 Å². The molecule has 24 heavy (non-hydrogen) atoms. The Morgan fingerprint density at radius 3 is 2.25 bits per heavy atom. The van der Waals surface area contributed by atoms with Gasteiger partial charge in [0.05, 0.1) is 19.8 Å². The number of hydrogen-bond acceptors (Lipinski definition) is 8. The van der Waals surface area contributed by atoms with Crippen LogP contribution in [-0.2, 0) is 24.2 Å². The van der Waals surface area contributed by atoms with Gasteiger partial charge in [0.15, 0.2) is 0 Å². The molecule has 0 amide bonds. The van der Waals surface area contributed by atoms with E-state index in [4.69, 9.17) is 21.9 Å². The van der Waals surface area contributed by atoms with E-state index in [-0.39, 0.29) is 24.2 Å². The van der Waals surface area contributed by atoms with Gasteiger partial charge >= 0.3 is 0 Å². The van der Waals surface area contributed by atoms with Gasteiger partial charge in [-0.2, -0.15) is 9.97 Å². The van der Waals surface area contributed by atoms with E-state index < -0.39 is 0 Å². The van der Waals surface area contributed by atoms with E-state index in [1.165, 1.54) is 0 Å². The normalized spacial score (nSPS) is 10.7. The molecule has 0 fully saturated rings.